The van der Waals surface area contributed by atoms with E-state index in [1.54, 1.807) is 29.7 Å². The van der Waals surface area contributed by atoms with Crippen LogP contribution in [0.2, 0.25) is 0 Å². The van der Waals surface area contributed by atoms with Crippen molar-refractivity contribution in [3.05, 3.63) is 50.6 Å². The van der Waals surface area contributed by atoms with Gasteiger partial charge < -0.3 is 4.90 Å². The maximum absolute atomic E-state index is 12.6. The second-order valence-corrected chi connectivity index (χ2v) is 9.84. The number of aromatic nitrogens is 2. The molecule has 1 saturated heterocycles. The van der Waals surface area contributed by atoms with Gasteiger partial charge in [-0.05, 0) is 64.3 Å². The lowest BCUT2D eigenvalue weighted by atomic mass is 9.98. The summed E-state index contributed by atoms with van der Waals surface area (Å²) in [6.45, 7) is 1.76. The molecule has 172 valence electrons. The third-order valence-electron chi connectivity index (χ3n) is 6.46. The molecule has 1 fully saturated rings. The highest BCUT2D eigenvalue weighted by Gasteiger charge is 2.25. The fourth-order valence-corrected chi connectivity index (χ4v) is 5.98. The Morgan fingerprint density at radius 1 is 1.27 bits per heavy atom. The number of non-ortho nitro benzene ring substituents is 1. The van der Waals surface area contributed by atoms with E-state index >= 15 is 0 Å². The molecule has 1 atom stereocenters. The number of carbonyl (C=O) groups is 1. The van der Waals surface area contributed by atoms with Crippen molar-refractivity contribution in [1.29, 1.82) is 0 Å². The number of carbonyl (C=O) groups excluding carboxylic acids is 1. The Bertz CT molecular complexity index is 1230. The van der Waals surface area contributed by atoms with Gasteiger partial charge in [0.1, 0.15) is 0 Å². The number of hydrogen-bond acceptors (Lipinski definition) is 7. The molecule has 1 unspecified atom stereocenters. The number of nitrogens with zero attached hydrogens (tertiary/aromatic N) is 5. The van der Waals surface area contributed by atoms with E-state index in [9.17, 15) is 14.9 Å². The van der Waals surface area contributed by atoms with Crippen molar-refractivity contribution in [2.75, 3.05) is 20.1 Å². The minimum atomic E-state index is -0.410. The van der Waals surface area contributed by atoms with Crippen molar-refractivity contribution in [2.24, 2.45) is 11.0 Å². The molecular weight excluding hydrogens is 440 g/mol. The topological polar surface area (TPSA) is 105 Å². The summed E-state index contributed by atoms with van der Waals surface area (Å²) in [6, 6.07) is 6.40. The first kappa shape index (κ1) is 21.7. The number of amides is 1. The quantitative estimate of drug-likeness (QED) is 0.351. The molecule has 1 aliphatic heterocycles. The van der Waals surface area contributed by atoms with Crippen molar-refractivity contribution in [3.63, 3.8) is 0 Å². The highest BCUT2D eigenvalue weighted by Crippen LogP contribution is 2.34. The molecule has 3 aromatic rings. The third-order valence-corrected chi connectivity index (χ3v) is 7.61. The molecule has 0 saturated carbocycles. The number of likely N-dealkylation sites (tertiary alicyclic amines) is 1. The lowest BCUT2D eigenvalue weighted by Crippen LogP contribution is -2.40. The van der Waals surface area contributed by atoms with Crippen LogP contribution in [0, 0.1) is 16.0 Å². The van der Waals surface area contributed by atoms with Crippen molar-refractivity contribution in [2.45, 2.75) is 38.5 Å². The van der Waals surface area contributed by atoms with Gasteiger partial charge in [-0.15, -0.1) is 11.3 Å². The summed E-state index contributed by atoms with van der Waals surface area (Å²) in [5.74, 6) is -0.128. The van der Waals surface area contributed by atoms with Gasteiger partial charge in [0, 0.05) is 34.8 Å². The average molecular weight is 467 g/mol. The second kappa shape index (κ2) is 9.03. The first-order valence-corrected chi connectivity index (χ1v) is 12.1. The summed E-state index contributed by atoms with van der Waals surface area (Å²) in [6.07, 6.45) is 7.89. The van der Waals surface area contributed by atoms with Crippen LogP contribution in [0.15, 0.2) is 29.4 Å². The largest absolute Gasteiger partial charge is 0.306 e. The van der Waals surface area contributed by atoms with Crippen molar-refractivity contribution in [1.82, 2.24) is 19.7 Å². The smallest absolute Gasteiger partial charge is 0.269 e. The molecule has 0 radical (unpaired) electrons. The van der Waals surface area contributed by atoms with Gasteiger partial charge in [-0.3, -0.25) is 19.3 Å². The molecule has 1 amide bonds. The van der Waals surface area contributed by atoms with E-state index in [0.29, 0.717) is 5.69 Å². The van der Waals surface area contributed by atoms with Crippen LogP contribution in [0.25, 0.3) is 16.2 Å². The number of hydrazone groups is 1. The van der Waals surface area contributed by atoms with E-state index in [1.807, 2.05) is 7.05 Å². The van der Waals surface area contributed by atoms with E-state index in [2.05, 4.69) is 19.8 Å². The van der Waals surface area contributed by atoms with Gasteiger partial charge in [0.05, 0.1) is 28.4 Å². The number of thiazole rings is 1. The van der Waals surface area contributed by atoms with Crippen molar-refractivity contribution < 1.29 is 9.72 Å². The molecule has 2 aromatic heterocycles. The van der Waals surface area contributed by atoms with Crippen LogP contribution in [0.1, 0.15) is 41.9 Å². The maximum Gasteiger partial charge on any atom is 0.269 e. The average Bonchev–Trinajstić information content (AvgIpc) is 3.35. The van der Waals surface area contributed by atoms with E-state index in [1.165, 1.54) is 29.1 Å². The Morgan fingerprint density at radius 3 is 2.82 bits per heavy atom. The molecule has 1 aliphatic carbocycles. The Hall–Kier alpha value is -3.11. The second-order valence-electron chi connectivity index (χ2n) is 8.78. The monoisotopic (exact) mass is 466 g/mol. The Kier molecular flexibility index (Phi) is 5.94. The number of benzene rings is 1. The first-order chi connectivity index (χ1) is 16.0. The van der Waals surface area contributed by atoms with Gasteiger partial charge in [0.25, 0.3) is 5.69 Å². The van der Waals surface area contributed by atoms with E-state index in [4.69, 9.17) is 4.98 Å². The Labute approximate surface area is 195 Å². The van der Waals surface area contributed by atoms with Gasteiger partial charge in [0.2, 0.25) is 5.91 Å². The molecule has 3 heterocycles. The van der Waals surface area contributed by atoms with Gasteiger partial charge >= 0.3 is 0 Å². The molecule has 5 rings (SSSR count). The lowest BCUT2D eigenvalue weighted by Gasteiger charge is -2.28. The van der Waals surface area contributed by atoms with Crippen molar-refractivity contribution >= 4 is 34.1 Å². The SMILES string of the molecule is CN1CCCC(C(=O)N/N=C/c2c(-c3ccc([N+](=O)[O-])cc3)nc3sc4c(n23)CCCC4)C1. The van der Waals surface area contributed by atoms with Crippen LogP contribution in [0.4, 0.5) is 5.69 Å². The maximum atomic E-state index is 12.6. The highest BCUT2D eigenvalue weighted by atomic mass is 32.1. The van der Waals surface area contributed by atoms with E-state index in [0.717, 1.165) is 61.4 Å². The van der Waals surface area contributed by atoms with E-state index in [-0.39, 0.29) is 17.5 Å². The first-order valence-electron chi connectivity index (χ1n) is 11.3. The fourth-order valence-electron chi connectivity index (χ4n) is 4.76. The molecule has 9 nitrogen and oxygen atoms in total. The van der Waals surface area contributed by atoms with Gasteiger partial charge in [-0.2, -0.15) is 5.10 Å². The zero-order valence-corrected chi connectivity index (χ0v) is 19.3. The van der Waals surface area contributed by atoms with Crippen LogP contribution in [-0.4, -0.2) is 51.5 Å². The standard InChI is InChI=1S/C23H26N6O3S/c1-27-12-4-5-16(14-27)22(30)26-24-13-19-21(15-8-10-17(11-9-15)29(31)32)25-23-28(19)18-6-2-3-7-20(18)33-23/h8-11,13,16H,2-7,12,14H2,1H3,(H,26,30)/b24-13+. The van der Waals surface area contributed by atoms with Crippen LogP contribution in [0.5, 0.6) is 0 Å². The van der Waals surface area contributed by atoms with Crippen LogP contribution < -0.4 is 5.43 Å². The van der Waals surface area contributed by atoms with Gasteiger partial charge in [-0.1, -0.05) is 0 Å². The number of aryl methyl sites for hydroxylation is 2. The summed E-state index contributed by atoms with van der Waals surface area (Å²) in [4.78, 5) is 32.5. The molecule has 1 N–H and O–H groups in total. The molecule has 0 spiro atoms. The minimum Gasteiger partial charge on any atom is -0.306 e. The zero-order valence-electron chi connectivity index (χ0n) is 18.5. The summed E-state index contributed by atoms with van der Waals surface area (Å²) >= 11 is 1.69. The molecule has 33 heavy (non-hydrogen) atoms. The predicted octanol–water partition coefficient (Wildman–Crippen LogP) is 3.64. The number of nitrogens with one attached hydrogen (secondary N) is 1. The minimum absolute atomic E-state index is 0.0390. The normalized spacial score (nSPS) is 19.1. The molecule has 0 bridgehead atoms. The molecular formula is C23H26N6O3S. The highest BCUT2D eigenvalue weighted by molar-refractivity contribution is 7.17. The number of hydrogen-bond donors (Lipinski definition) is 1. The van der Waals surface area contributed by atoms with Crippen LogP contribution in [0.3, 0.4) is 0 Å². The molecule has 2 aliphatic rings. The Morgan fingerprint density at radius 2 is 2.06 bits per heavy atom. The number of nitro groups is 1. The zero-order chi connectivity index (χ0) is 22.9. The summed E-state index contributed by atoms with van der Waals surface area (Å²) in [5.41, 5.74) is 6.30. The summed E-state index contributed by atoms with van der Waals surface area (Å²) in [7, 11) is 2.03. The molecule has 10 heteroatoms. The number of piperidine rings is 1. The predicted molar refractivity (Wildman–Crippen MR) is 128 cm³/mol. The molecule has 1 aromatic carbocycles. The van der Waals surface area contributed by atoms with Gasteiger partial charge in [-0.25, -0.2) is 10.4 Å². The van der Waals surface area contributed by atoms with Gasteiger partial charge in [0.15, 0.2) is 4.96 Å². The van der Waals surface area contributed by atoms with Crippen molar-refractivity contribution in [3.8, 4) is 11.3 Å². The number of imidazole rings is 1. The summed E-state index contributed by atoms with van der Waals surface area (Å²) < 4.78 is 2.14. The van der Waals surface area contributed by atoms with Crippen LogP contribution in [-0.2, 0) is 17.6 Å². The number of fused-ring (bicyclic) bond motifs is 3. The Balaban J connectivity index is 1.49. The summed E-state index contributed by atoms with van der Waals surface area (Å²) in [5, 5.41) is 15.4. The lowest BCUT2D eigenvalue weighted by molar-refractivity contribution is -0.384. The number of nitro benzene ring substituents is 1. The third kappa shape index (κ3) is 4.28. The fraction of sp³-hybridized carbons (Fsp3) is 0.435. The van der Waals surface area contributed by atoms with Crippen LogP contribution >= 0.6 is 11.3 Å². The van der Waals surface area contributed by atoms with E-state index < -0.39 is 4.92 Å². The number of rotatable bonds is 5.